The summed E-state index contributed by atoms with van der Waals surface area (Å²) in [7, 11) is 0. The van der Waals surface area contributed by atoms with Crippen molar-refractivity contribution < 1.29 is 4.40 Å². The maximum Gasteiger partial charge on any atom is 0.284 e. The van der Waals surface area contributed by atoms with Gasteiger partial charge in [-0.2, -0.15) is 4.40 Å². The van der Waals surface area contributed by atoms with Gasteiger partial charge in [-0.1, -0.05) is 103 Å². The van der Waals surface area contributed by atoms with Crippen molar-refractivity contribution in [2.24, 2.45) is 0 Å². The van der Waals surface area contributed by atoms with Crippen molar-refractivity contribution in [2.75, 3.05) is 0 Å². The van der Waals surface area contributed by atoms with Crippen LogP contribution < -0.4 is 4.40 Å². The average molecular weight is 639 g/mol. The zero-order valence-electron chi connectivity index (χ0n) is 26.9. The maximum absolute atomic E-state index is 7.63. The molecule has 10 aromatic rings. The first-order valence-electron chi connectivity index (χ1n) is 16.7. The fraction of sp³-hybridized carbons (Fsp3) is 0. The van der Waals surface area contributed by atoms with E-state index in [1.165, 1.54) is 0 Å². The van der Waals surface area contributed by atoms with Gasteiger partial charge in [0.2, 0.25) is 5.52 Å². The standard InChI is InChI=1S/C45H27N5/c1-46-34-20-22-37-36-21-18-33(27-40(36)50(41(37)28-34)35-15-6-3-7-16-35)31-14-10-13-30(25-31)32-19-23-39-38(26-32)44-45(49-24-9-8-17-42(49)48-44)43(47-39)29-11-4-2-5-12-29/h2-28H/p+1. The highest BCUT2D eigenvalue weighted by molar-refractivity contribution is 6.11. The predicted molar refractivity (Wildman–Crippen MR) is 204 cm³/mol. The number of nitrogens with one attached hydrogen (secondary N) is 1. The highest BCUT2D eigenvalue weighted by atomic mass is 15.0. The normalized spacial score (nSPS) is 11.6. The molecule has 1 N–H and O–H groups in total. The lowest BCUT2D eigenvalue weighted by Gasteiger charge is -2.10. The van der Waals surface area contributed by atoms with Gasteiger partial charge < -0.3 is 4.57 Å². The van der Waals surface area contributed by atoms with Crippen molar-refractivity contribution in [3.8, 4) is 39.2 Å². The van der Waals surface area contributed by atoms with E-state index >= 15 is 0 Å². The van der Waals surface area contributed by atoms with Gasteiger partial charge in [-0.3, -0.25) is 0 Å². The lowest BCUT2D eigenvalue weighted by atomic mass is 9.97. The molecule has 0 saturated carbocycles. The van der Waals surface area contributed by atoms with Crippen LogP contribution in [0.1, 0.15) is 0 Å². The summed E-state index contributed by atoms with van der Waals surface area (Å²) in [4.78, 5) is 12.7. The number of imidazole rings is 1. The summed E-state index contributed by atoms with van der Waals surface area (Å²) in [5.74, 6) is 0. The molecule has 6 aromatic carbocycles. The molecular weight excluding hydrogens is 611 g/mol. The molecule has 0 aliphatic rings. The van der Waals surface area contributed by atoms with E-state index in [-0.39, 0.29) is 0 Å². The number of para-hydroxylation sites is 1. The molecule has 10 rings (SSSR count). The van der Waals surface area contributed by atoms with Gasteiger partial charge in [0.1, 0.15) is 5.69 Å². The van der Waals surface area contributed by atoms with E-state index in [4.69, 9.17) is 11.6 Å². The van der Waals surface area contributed by atoms with Gasteiger partial charge >= 0.3 is 0 Å². The molecule has 0 aliphatic carbocycles. The molecule has 0 atom stereocenters. The Morgan fingerprint density at radius 3 is 2.02 bits per heavy atom. The topological polar surface area (TPSA) is 42.1 Å². The maximum atomic E-state index is 7.63. The van der Waals surface area contributed by atoms with Gasteiger partial charge in [0, 0.05) is 33.6 Å². The van der Waals surface area contributed by atoms with Crippen LogP contribution in [0, 0.1) is 6.57 Å². The molecular formula is C45H28N5+. The van der Waals surface area contributed by atoms with Crippen LogP contribution in [0.4, 0.5) is 5.69 Å². The Labute approximate surface area is 287 Å². The molecule has 0 fully saturated rings. The zero-order valence-corrected chi connectivity index (χ0v) is 26.9. The molecule has 50 heavy (non-hydrogen) atoms. The quantitative estimate of drug-likeness (QED) is 0.151. The van der Waals surface area contributed by atoms with Crippen molar-refractivity contribution in [3.63, 3.8) is 0 Å². The lowest BCUT2D eigenvalue weighted by molar-refractivity contribution is -0.480. The van der Waals surface area contributed by atoms with Crippen molar-refractivity contribution in [1.29, 1.82) is 0 Å². The molecule has 4 heterocycles. The molecule has 0 bridgehead atoms. The minimum atomic E-state index is 0.635. The molecule has 5 heteroatoms. The Morgan fingerprint density at radius 1 is 0.560 bits per heavy atom. The predicted octanol–water partition coefficient (Wildman–Crippen LogP) is 11.1. The van der Waals surface area contributed by atoms with Gasteiger partial charge in [-0.05, 0) is 70.8 Å². The van der Waals surface area contributed by atoms with Gasteiger partial charge in [0.05, 0.1) is 29.2 Å². The third-order valence-corrected chi connectivity index (χ3v) is 9.78. The molecule has 0 radical (unpaired) electrons. The molecule has 0 amide bonds. The first-order valence-corrected chi connectivity index (χ1v) is 16.7. The van der Waals surface area contributed by atoms with Crippen molar-refractivity contribution >= 4 is 55.1 Å². The Morgan fingerprint density at radius 2 is 1.22 bits per heavy atom. The fourth-order valence-electron chi connectivity index (χ4n) is 7.45. The van der Waals surface area contributed by atoms with E-state index in [1.807, 2.05) is 24.3 Å². The number of aromatic nitrogens is 4. The van der Waals surface area contributed by atoms with Crippen LogP contribution in [0.25, 0.3) is 93.4 Å². The summed E-state index contributed by atoms with van der Waals surface area (Å²) in [6.07, 6.45) is 2.10. The van der Waals surface area contributed by atoms with E-state index in [0.717, 1.165) is 88.6 Å². The van der Waals surface area contributed by atoms with E-state index in [0.29, 0.717) is 5.69 Å². The molecule has 0 unspecified atom stereocenters. The van der Waals surface area contributed by atoms with Crippen molar-refractivity contribution in [1.82, 2.24) is 14.5 Å². The van der Waals surface area contributed by atoms with Gasteiger partial charge in [0.15, 0.2) is 11.2 Å². The number of H-pyrrole nitrogens is 1. The third kappa shape index (κ3) is 4.33. The number of hydrogen-bond acceptors (Lipinski definition) is 1. The molecule has 0 spiro atoms. The van der Waals surface area contributed by atoms with Crippen LogP contribution in [-0.4, -0.2) is 14.5 Å². The molecule has 0 aliphatic heterocycles. The summed E-state index contributed by atoms with van der Waals surface area (Å²) in [6, 6.07) is 55.1. The van der Waals surface area contributed by atoms with Gasteiger partial charge in [0.25, 0.3) is 5.65 Å². The second kappa shape index (κ2) is 11.0. The SMILES string of the molecule is [C-]#[N+]c1ccc2c3ccc(-c4cccc(-c5ccc6nc(-c7ccccc7)c7c([nH]c8cccc[n+]87)c6c5)c4)cc3n(-c3ccccc3)c2c1. The third-order valence-electron chi connectivity index (χ3n) is 9.78. The summed E-state index contributed by atoms with van der Waals surface area (Å²) in [5, 5.41) is 3.38. The van der Waals surface area contributed by atoms with Gasteiger partial charge in [-0.25, -0.2) is 14.8 Å². The van der Waals surface area contributed by atoms with Crippen molar-refractivity contribution in [3.05, 3.63) is 175 Å². The molecule has 0 saturated heterocycles. The second-order valence-electron chi connectivity index (χ2n) is 12.7. The number of fused-ring (bicyclic) bond motifs is 8. The Balaban J connectivity index is 1.14. The molecule has 232 valence electrons. The minimum absolute atomic E-state index is 0.635. The Kier molecular flexibility index (Phi) is 6.17. The van der Waals surface area contributed by atoms with Crippen molar-refractivity contribution in [2.45, 2.75) is 0 Å². The monoisotopic (exact) mass is 638 g/mol. The van der Waals surface area contributed by atoms with Crippen LogP contribution in [0.2, 0.25) is 0 Å². The summed E-state index contributed by atoms with van der Waals surface area (Å²) < 4.78 is 4.47. The Hall–Kier alpha value is -7.03. The van der Waals surface area contributed by atoms with E-state index in [9.17, 15) is 0 Å². The van der Waals surface area contributed by atoms with Crippen LogP contribution in [-0.2, 0) is 0 Å². The van der Waals surface area contributed by atoms with Gasteiger partial charge in [-0.15, -0.1) is 0 Å². The number of benzene rings is 6. The first kappa shape index (κ1) is 28.0. The highest BCUT2D eigenvalue weighted by Gasteiger charge is 2.22. The largest absolute Gasteiger partial charge is 0.310 e. The lowest BCUT2D eigenvalue weighted by Crippen LogP contribution is -2.19. The smallest absolute Gasteiger partial charge is 0.284 e. The van der Waals surface area contributed by atoms with Crippen LogP contribution in [0.15, 0.2) is 164 Å². The first-order chi connectivity index (χ1) is 24.7. The Bertz CT molecular complexity index is 2980. The van der Waals surface area contributed by atoms with E-state index in [1.54, 1.807) is 0 Å². The fourth-order valence-corrected chi connectivity index (χ4v) is 7.45. The van der Waals surface area contributed by atoms with E-state index in [2.05, 4.69) is 158 Å². The average Bonchev–Trinajstić information content (AvgIpc) is 3.74. The van der Waals surface area contributed by atoms with Crippen LogP contribution in [0.3, 0.4) is 0 Å². The summed E-state index contributed by atoms with van der Waals surface area (Å²) >= 11 is 0. The highest BCUT2D eigenvalue weighted by Crippen LogP contribution is 2.38. The minimum Gasteiger partial charge on any atom is -0.310 e. The number of aromatic amines is 1. The molecule has 5 nitrogen and oxygen atoms in total. The molecule has 4 aromatic heterocycles. The summed E-state index contributed by atoms with van der Waals surface area (Å²) in [6.45, 7) is 7.63. The number of pyridine rings is 2. The van der Waals surface area contributed by atoms with Crippen LogP contribution >= 0.6 is 0 Å². The zero-order chi connectivity index (χ0) is 33.2. The number of rotatable bonds is 4. The van der Waals surface area contributed by atoms with E-state index < -0.39 is 0 Å². The van der Waals surface area contributed by atoms with Crippen LogP contribution in [0.5, 0.6) is 0 Å². The second-order valence-corrected chi connectivity index (χ2v) is 12.7. The summed E-state index contributed by atoms with van der Waals surface area (Å²) in [5.41, 5.74) is 14.5. The number of hydrogen-bond donors (Lipinski definition) is 1. The number of nitrogens with zero attached hydrogens (tertiary/aromatic N) is 4.